The van der Waals surface area contributed by atoms with E-state index in [9.17, 15) is 4.79 Å². The summed E-state index contributed by atoms with van der Waals surface area (Å²) in [6.45, 7) is 12.4. The number of nitrogens with zero attached hydrogens (tertiary/aromatic N) is 2. The minimum Gasteiger partial charge on any atom is -0.397 e. The third-order valence-corrected chi connectivity index (χ3v) is 3.87. The molecule has 0 saturated heterocycles. The van der Waals surface area contributed by atoms with Crippen molar-refractivity contribution in [2.45, 2.75) is 53.1 Å². The number of hydrogen-bond acceptors (Lipinski definition) is 3. The van der Waals surface area contributed by atoms with E-state index in [1.807, 2.05) is 11.5 Å². The lowest BCUT2D eigenvalue weighted by molar-refractivity contribution is 0.0928. The molecule has 1 aromatic rings. The minimum absolute atomic E-state index is 0.0381. The molecule has 1 rings (SSSR count). The Morgan fingerprint density at radius 2 is 2.05 bits per heavy atom. The van der Waals surface area contributed by atoms with Gasteiger partial charge in [-0.15, -0.1) is 0 Å². The monoisotopic (exact) mass is 294 g/mol. The van der Waals surface area contributed by atoms with Crippen molar-refractivity contribution in [1.29, 1.82) is 0 Å². The Labute approximate surface area is 128 Å². The van der Waals surface area contributed by atoms with Crippen molar-refractivity contribution in [3.63, 3.8) is 0 Å². The van der Waals surface area contributed by atoms with Crippen LogP contribution in [0.3, 0.4) is 0 Å². The van der Waals surface area contributed by atoms with Gasteiger partial charge in [-0.1, -0.05) is 13.8 Å². The van der Waals surface area contributed by atoms with Crippen LogP contribution in [0.1, 0.15) is 51.0 Å². The molecule has 0 fully saturated rings. The van der Waals surface area contributed by atoms with Crippen LogP contribution >= 0.6 is 0 Å². The zero-order valence-corrected chi connectivity index (χ0v) is 13.9. The van der Waals surface area contributed by atoms with Gasteiger partial charge in [0.15, 0.2) is 0 Å². The number of rotatable bonds is 9. The van der Waals surface area contributed by atoms with Crippen LogP contribution in [-0.2, 0) is 6.54 Å². The number of aromatic nitrogens is 1. The molecule has 1 unspecified atom stereocenters. The van der Waals surface area contributed by atoms with Crippen LogP contribution in [0, 0.1) is 0 Å². The Hall–Kier alpha value is -1.49. The van der Waals surface area contributed by atoms with E-state index in [2.05, 4.69) is 31.0 Å². The van der Waals surface area contributed by atoms with Crippen molar-refractivity contribution in [3.05, 3.63) is 18.0 Å². The summed E-state index contributed by atoms with van der Waals surface area (Å²) < 4.78 is 1.88. The summed E-state index contributed by atoms with van der Waals surface area (Å²) in [5.74, 6) is -0.0381. The molecule has 0 aromatic carbocycles. The van der Waals surface area contributed by atoms with Crippen LogP contribution < -0.4 is 11.1 Å². The highest BCUT2D eigenvalue weighted by atomic mass is 16.2. The number of amides is 1. The van der Waals surface area contributed by atoms with Crippen molar-refractivity contribution in [1.82, 2.24) is 14.8 Å². The highest BCUT2D eigenvalue weighted by molar-refractivity contribution is 5.94. The van der Waals surface area contributed by atoms with Gasteiger partial charge in [0.2, 0.25) is 0 Å². The van der Waals surface area contributed by atoms with Gasteiger partial charge in [0.05, 0.1) is 5.69 Å². The van der Waals surface area contributed by atoms with Gasteiger partial charge in [0.25, 0.3) is 5.91 Å². The number of aryl methyl sites for hydroxylation is 1. The molecule has 0 spiro atoms. The van der Waals surface area contributed by atoms with E-state index in [4.69, 9.17) is 5.73 Å². The second-order valence-corrected chi connectivity index (χ2v) is 5.49. The van der Waals surface area contributed by atoms with Crippen molar-refractivity contribution in [3.8, 4) is 0 Å². The molecule has 0 radical (unpaired) electrons. The molecule has 5 nitrogen and oxygen atoms in total. The molecular weight excluding hydrogens is 264 g/mol. The summed E-state index contributed by atoms with van der Waals surface area (Å²) >= 11 is 0. The zero-order valence-electron chi connectivity index (χ0n) is 13.9. The molecule has 120 valence electrons. The van der Waals surface area contributed by atoms with E-state index in [1.54, 1.807) is 12.3 Å². The number of hydrogen-bond donors (Lipinski definition) is 2. The number of nitrogen functional groups attached to an aromatic ring is 1. The normalized spacial score (nSPS) is 12.6. The highest BCUT2D eigenvalue weighted by Crippen LogP contribution is 2.11. The maximum Gasteiger partial charge on any atom is 0.268 e. The molecule has 21 heavy (non-hydrogen) atoms. The zero-order chi connectivity index (χ0) is 15.8. The van der Waals surface area contributed by atoms with Crippen LogP contribution in [0.15, 0.2) is 12.3 Å². The molecule has 1 atom stereocenters. The van der Waals surface area contributed by atoms with Crippen molar-refractivity contribution in [2.75, 3.05) is 25.4 Å². The second kappa shape index (κ2) is 8.72. The number of anilines is 1. The van der Waals surface area contributed by atoms with Crippen molar-refractivity contribution in [2.24, 2.45) is 0 Å². The molecule has 0 aliphatic heterocycles. The maximum atomic E-state index is 12.3. The van der Waals surface area contributed by atoms with Gasteiger partial charge in [0.1, 0.15) is 5.69 Å². The van der Waals surface area contributed by atoms with Gasteiger partial charge >= 0.3 is 0 Å². The smallest absolute Gasteiger partial charge is 0.268 e. The second-order valence-electron chi connectivity index (χ2n) is 5.49. The predicted octanol–water partition coefficient (Wildman–Crippen LogP) is 2.33. The van der Waals surface area contributed by atoms with E-state index >= 15 is 0 Å². The van der Waals surface area contributed by atoms with E-state index < -0.39 is 0 Å². The lowest BCUT2D eigenvalue weighted by Crippen LogP contribution is -2.34. The van der Waals surface area contributed by atoms with Crippen LogP contribution in [0.5, 0.6) is 0 Å². The number of carbonyl (C=O) groups excluding carboxylic acids is 1. The third-order valence-electron chi connectivity index (χ3n) is 3.87. The van der Waals surface area contributed by atoms with Crippen LogP contribution in [-0.4, -0.2) is 41.1 Å². The van der Waals surface area contributed by atoms with E-state index in [1.165, 1.54) is 0 Å². The van der Waals surface area contributed by atoms with Crippen molar-refractivity contribution < 1.29 is 4.79 Å². The van der Waals surface area contributed by atoms with Gasteiger partial charge in [-0.2, -0.15) is 0 Å². The Balaban J connectivity index is 2.43. The van der Waals surface area contributed by atoms with Gasteiger partial charge in [-0.3, -0.25) is 4.79 Å². The van der Waals surface area contributed by atoms with Gasteiger partial charge in [0, 0.05) is 18.8 Å². The van der Waals surface area contributed by atoms with Crippen LogP contribution in [0.25, 0.3) is 0 Å². The average molecular weight is 294 g/mol. The first kappa shape index (κ1) is 17.6. The molecule has 3 N–H and O–H groups in total. The lowest BCUT2D eigenvalue weighted by atomic mass is 10.1. The Kier molecular flexibility index (Phi) is 7.29. The fraction of sp³-hybridized carbons (Fsp3) is 0.688. The maximum absolute atomic E-state index is 12.3. The lowest BCUT2D eigenvalue weighted by Gasteiger charge is -2.20. The van der Waals surface area contributed by atoms with Gasteiger partial charge < -0.3 is 20.5 Å². The minimum atomic E-state index is -0.0381. The largest absolute Gasteiger partial charge is 0.397 e. The van der Waals surface area contributed by atoms with E-state index in [0.29, 0.717) is 11.4 Å². The van der Waals surface area contributed by atoms with Crippen LogP contribution in [0.2, 0.25) is 0 Å². The number of nitrogens with one attached hydrogen (secondary N) is 1. The molecule has 5 heteroatoms. The molecular formula is C16H30N4O. The topological polar surface area (TPSA) is 63.3 Å². The Morgan fingerprint density at radius 3 is 2.62 bits per heavy atom. The number of nitrogens with two attached hydrogens (primary N) is 1. The molecule has 1 heterocycles. The van der Waals surface area contributed by atoms with Gasteiger partial charge in [-0.05, 0) is 52.4 Å². The first-order valence-corrected chi connectivity index (χ1v) is 8.00. The SMILES string of the molecule is CCN(CC)CCCC(C)NC(=O)c1cc(N)cn1CC. The predicted molar refractivity (Wildman–Crippen MR) is 88.5 cm³/mol. The summed E-state index contributed by atoms with van der Waals surface area (Å²) in [5.41, 5.74) is 7.04. The summed E-state index contributed by atoms with van der Waals surface area (Å²) in [6.07, 6.45) is 3.89. The highest BCUT2D eigenvalue weighted by Gasteiger charge is 2.14. The Bertz CT molecular complexity index is 437. The Morgan fingerprint density at radius 1 is 1.38 bits per heavy atom. The molecule has 1 aromatic heterocycles. The third kappa shape index (κ3) is 5.42. The van der Waals surface area contributed by atoms with E-state index in [0.717, 1.165) is 39.0 Å². The van der Waals surface area contributed by atoms with Crippen molar-refractivity contribution >= 4 is 11.6 Å². The standard InChI is InChI=1S/C16H30N4O/c1-5-19(6-2)10-8-9-13(4)18-16(21)15-11-14(17)12-20(15)7-3/h11-13H,5-10,17H2,1-4H3,(H,18,21). The summed E-state index contributed by atoms with van der Waals surface area (Å²) in [7, 11) is 0. The molecule has 0 saturated carbocycles. The summed E-state index contributed by atoms with van der Waals surface area (Å²) in [4.78, 5) is 14.7. The molecule has 0 bridgehead atoms. The van der Waals surface area contributed by atoms with Gasteiger partial charge in [-0.25, -0.2) is 0 Å². The number of carbonyl (C=O) groups is 1. The average Bonchev–Trinajstić information content (AvgIpc) is 2.85. The fourth-order valence-corrected chi connectivity index (χ4v) is 2.52. The fourth-order valence-electron chi connectivity index (χ4n) is 2.52. The van der Waals surface area contributed by atoms with Crippen LogP contribution in [0.4, 0.5) is 5.69 Å². The quantitative estimate of drug-likeness (QED) is 0.735. The first-order valence-electron chi connectivity index (χ1n) is 8.00. The first-order chi connectivity index (χ1) is 10.0. The van der Waals surface area contributed by atoms with E-state index in [-0.39, 0.29) is 11.9 Å². The summed E-state index contributed by atoms with van der Waals surface area (Å²) in [6, 6.07) is 1.91. The molecule has 0 aliphatic rings. The molecule has 0 aliphatic carbocycles. The summed E-state index contributed by atoms with van der Waals surface area (Å²) in [5, 5.41) is 3.06. The molecule has 1 amide bonds.